The third kappa shape index (κ3) is 6.45. The summed E-state index contributed by atoms with van der Waals surface area (Å²) in [6.45, 7) is 8.63. The lowest BCUT2D eigenvalue weighted by Crippen LogP contribution is -2.41. The van der Waals surface area contributed by atoms with Crippen LogP contribution in [-0.2, 0) is 21.0 Å². The van der Waals surface area contributed by atoms with Gasteiger partial charge >= 0.3 is 6.18 Å². The Kier molecular flexibility index (Phi) is 8.29. The first kappa shape index (κ1) is 28.5. The zero-order valence-electron chi connectivity index (χ0n) is 21.1. The Bertz CT molecular complexity index is 1420. The highest BCUT2D eigenvalue weighted by molar-refractivity contribution is 7.92. The van der Waals surface area contributed by atoms with Crippen molar-refractivity contribution >= 4 is 33.2 Å². The average molecular weight is 553 g/mol. The molecule has 0 aliphatic rings. The van der Waals surface area contributed by atoms with E-state index in [9.17, 15) is 26.4 Å². The number of amides is 1. The summed E-state index contributed by atoms with van der Waals surface area (Å²) in [4.78, 5) is 12.9. The lowest BCUT2D eigenvalue weighted by Gasteiger charge is -2.26. The first-order chi connectivity index (χ1) is 17.1. The van der Waals surface area contributed by atoms with Crippen molar-refractivity contribution in [3.05, 3.63) is 93.0 Å². The molecule has 1 N–H and O–H groups in total. The molecule has 37 heavy (non-hydrogen) atoms. The minimum Gasteiger partial charge on any atom is -0.348 e. The smallest absolute Gasteiger partial charge is 0.348 e. The number of hydrogen-bond donors (Lipinski definition) is 1. The quantitative estimate of drug-likeness (QED) is 0.356. The summed E-state index contributed by atoms with van der Waals surface area (Å²) in [5, 5.41) is 2.20. The molecule has 0 spiro atoms. The SMILES string of the molecule is Cc1ccc(S(=O)(=O)N(CC(=O)N[C@@H](C)c2cc(C)c(C)cc2C)c2ccc(Cl)c(C(F)(F)F)c2)cc1. The molecule has 0 saturated heterocycles. The van der Waals surface area contributed by atoms with Crippen LogP contribution in [0.5, 0.6) is 0 Å². The molecule has 10 heteroatoms. The van der Waals surface area contributed by atoms with Gasteiger partial charge < -0.3 is 5.32 Å². The van der Waals surface area contributed by atoms with Gasteiger partial charge in [-0.15, -0.1) is 0 Å². The molecule has 0 aliphatic carbocycles. The Hall–Kier alpha value is -3.04. The Morgan fingerprint density at radius 1 is 0.946 bits per heavy atom. The van der Waals surface area contributed by atoms with E-state index in [0.717, 1.165) is 39.9 Å². The monoisotopic (exact) mass is 552 g/mol. The van der Waals surface area contributed by atoms with Crippen molar-refractivity contribution < 1.29 is 26.4 Å². The van der Waals surface area contributed by atoms with E-state index in [4.69, 9.17) is 11.6 Å². The van der Waals surface area contributed by atoms with Gasteiger partial charge in [-0.25, -0.2) is 8.42 Å². The Balaban J connectivity index is 2.01. The number of alkyl halides is 3. The predicted octanol–water partition coefficient (Wildman–Crippen LogP) is 6.67. The molecule has 5 nitrogen and oxygen atoms in total. The van der Waals surface area contributed by atoms with Crippen LogP contribution < -0.4 is 9.62 Å². The molecule has 0 unspecified atom stereocenters. The van der Waals surface area contributed by atoms with Crippen LogP contribution in [-0.4, -0.2) is 20.9 Å². The number of halogens is 4. The molecule has 0 aromatic heterocycles. The van der Waals surface area contributed by atoms with Gasteiger partial charge in [-0.05, 0) is 87.2 Å². The maximum Gasteiger partial charge on any atom is 0.417 e. The van der Waals surface area contributed by atoms with E-state index in [2.05, 4.69) is 5.32 Å². The second-order valence-corrected chi connectivity index (χ2v) is 11.3. The first-order valence-electron chi connectivity index (χ1n) is 11.4. The molecule has 0 aliphatic heterocycles. The number of anilines is 1. The molecule has 3 rings (SSSR count). The number of aryl methyl sites for hydroxylation is 4. The summed E-state index contributed by atoms with van der Waals surface area (Å²) in [6.07, 6.45) is -4.82. The summed E-state index contributed by atoms with van der Waals surface area (Å²) in [6, 6.07) is 12.1. The summed E-state index contributed by atoms with van der Waals surface area (Å²) in [5.74, 6) is -0.677. The summed E-state index contributed by atoms with van der Waals surface area (Å²) in [7, 11) is -4.40. The van der Waals surface area contributed by atoms with Crippen LogP contribution in [0.4, 0.5) is 18.9 Å². The number of hydrogen-bond acceptors (Lipinski definition) is 3. The molecule has 0 saturated carbocycles. The molecule has 1 atom stereocenters. The van der Waals surface area contributed by atoms with Crippen molar-refractivity contribution in [3.8, 4) is 0 Å². The maximum atomic E-state index is 13.5. The van der Waals surface area contributed by atoms with Crippen molar-refractivity contribution in [2.45, 2.75) is 51.7 Å². The number of benzene rings is 3. The summed E-state index contributed by atoms with van der Waals surface area (Å²) in [5.41, 5.74) is 3.21. The molecule has 0 fully saturated rings. The van der Waals surface area contributed by atoms with Gasteiger partial charge in [0.1, 0.15) is 6.54 Å². The average Bonchev–Trinajstić information content (AvgIpc) is 2.79. The molecular formula is C27H28ClF3N2O3S. The zero-order valence-corrected chi connectivity index (χ0v) is 22.6. The second kappa shape index (κ2) is 10.8. The zero-order chi connectivity index (χ0) is 27.7. The van der Waals surface area contributed by atoms with Crippen LogP contribution in [0.25, 0.3) is 0 Å². The minimum absolute atomic E-state index is 0.160. The lowest BCUT2D eigenvalue weighted by atomic mass is 9.96. The number of sulfonamides is 1. The van der Waals surface area contributed by atoms with Crippen LogP contribution in [0.3, 0.4) is 0 Å². The third-order valence-corrected chi connectivity index (χ3v) is 8.28. The van der Waals surface area contributed by atoms with Crippen LogP contribution in [0.2, 0.25) is 5.02 Å². The first-order valence-corrected chi connectivity index (χ1v) is 13.3. The highest BCUT2D eigenvalue weighted by atomic mass is 35.5. The molecule has 3 aromatic rings. The Labute approximate surface area is 220 Å². The van der Waals surface area contributed by atoms with E-state index in [1.807, 2.05) is 32.9 Å². The highest BCUT2D eigenvalue weighted by Gasteiger charge is 2.35. The fourth-order valence-corrected chi connectivity index (χ4v) is 5.62. The third-order valence-electron chi connectivity index (χ3n) is 6.17. The normalized spacial score (nSPS) is 12.8. The van der Waals surface area contributed by atoms with Gasteiger partial charge in [0.2, 0.25) is 5.91 Å². The largest absolute Gasteiger partial charge is 0.417 e. The number of nitrogens with zero attached hydrogens (tertiary/aromatic N) is 1. The Morgan fingerprint density at radius 2 is 1.54 bits per heavy atom. The van der Waals surface area contributed by atoms with Crippen LogP contribution in [0.15, 0.2) is 59.5 Å². The van der Waals surface area contributed by atoms with Gasteiger partial charge in [0.15, 0.2) is 0 Å². The van der Waals surface area contributed by atoms with E-state index in [1.54, 1.807) is 26.0 Å². The van der Waals surface area contributed by atoms with Crippen molar-refractivity contribution in [2.75, 3.05) is 10.8 Å². The molecule has 1 amide bonds. The van der Waals surface area contributed by atoms with Gasteiger partial charge in [-0.2, -0.15) is 13.2 Å². The van der Waals surface area contributed by atoms with Crippen LogP contribution in [0.1, 0.15) is 46.3 Å². The molecule has 198 valence electrons. The van der Waals surface area contributed by atoms with Gasteiger partial charge in [0.05, 0.1) is 27.2 Å². The van der Waals surface area contributed by atoms with Crippen LogP contribution in [0, 0.1) is 27.7 Å². The van der Waals surface area contributed by atoms with Gasteiger partial charge in [0, 0.05) is 0 Å². The molecule has 0 heterocycles. The van der Waals surface area contributed by atoms with Crippen molar-refractivity contribution in [1.82, 2.24) is 5.32 Å². The number of nitrogens with one attached hydrogen (secondary N) is 1. The summed E-state index contributed by atoms with van der Waals surface area (Å²) < 4.78 is 68.4. The molecule has 0 radical (unpaired) electrons. The van der Waals surface area contributed by atoms with Crippen molar-refractivity contribution in [1.29, 1.82) is 0 Å². The van der Waals surface area contributed by atoms with Gasteiger partial charge in [0.25, 0.3) is 10.0 Å². The van der Waals surface area contributed by atoms with Gasteiger partial charge in [-0.1, -0.05) is 41.4 Å². The maximum absolute atomic E-state index is 13.5. The number of rotatable bonds is 7. The van der Waals surface area contributed by atoms with Gasteiger partial charge in [-0.3, -0.25) is 9.10 Å². The predicted molar refractivity (Wildman–Crippen MR) is 139 cm³/mol. The van der Waals surface area contributed by atoms with Crippen LogP contribution >= 0.6 is 11.6 Å². The van der Waals surface area contributed by atoms with Crippen molar-refractivity contribution in [2.24, 2.45) is 0 Å². The van der Waals surface area contributed by atoms with E-state index in [1.165, 1.54) is 12.1 Å². The van der Waals surface area contributed by atoms with E-state index < -0.39 is 45.3 Å². The second-order valence-electron chi connectivity index (χ2n) is 9.07. The topological polar surface area (TPSA) is 66.5 Å². The standard InChI is InChI=1S/C27H28ClF3N2O3S/c1-16-6-9-22(10-7-16)37(35,36)33(21-8-11-25(28)24(14-21)27(29,30)31)15-26(34)32-20(5)23-13-18(3)17(2)12-19(23)4/h6-14,20H,15H2,1-5H3,(H,32,34)/t20-/m0/s1. The fraction of sp³-hybridized carbons (Fsp3) is 0.296. The van der Waals surface area contributed by atoms with Crippen molar-refractivity contribution in [3.63, 3.8) is 0 Å². The van der Waals surface area contributed by atoms with E-state index in [0.29, 0.717) is 10.4 Å². The minimum atomic E-state index is -4.82. The molecular weight excluding hydrogens is 525 g/mol. The van der Waals surface area contributed by atoms with E-state index >= 15 is 0 Å². The summed E-state index contributed by atoms with van der Waals surface area (Å²) >= 11 is 5.75. The highest BCUT2D eigenvalue weighted by Crippen LogP contribution is 2.38. The fourth-order valence-electron chi connectivity index (χ4n) is 3.98. The molecule has 3 aromatic carbocycles. The Morgan fingerprint density at radius 3 is 2.14 bits per heavy atom. The number of carbonyl (C=O) groups excluding carboxylic acids is 1. The van der Waals surface area contributed by atoms with E-state index in [-0.39, 0.29) is 10.6 Å². The lowest BCUT2D eigenvalue weighted by molar-refractivity contribution is -0.137. The molecule has 0 bridgehead atoms. The number of carbonyl (C=O) groups is 1.